The molecule has 2 aromatic rings. The number of thioether (sulfide) groups is 1. The number of nitrogens with one attached hydrogen (secondary N) is 2. The van der Waals surface area contributed by atoms with Crippen molar-refractivity contribution < 1.29 is 9.53 Å². The van der Waals surface area contributed by atoms with E-state index in [1.54, 1.807) is 18.2 Å². The minimum atomic E-state index is -0.0992. The highest BCUT2D eigenvalue weighted by atomic mass is 32.2. The van der Waals surface area contributed by atoms with E-state index in [4.69, 9.17) is 10.5 Å². The molecule has 0 saturated carbocycles. The van der Waals surface area contributed by atoms with Crippen molar-refractivity contribution >= 4 is 29.0 Å². The summed E-state index contributed by atoms with van der Waals surface area (Å²) >= 11 is 1.43. The lowest BCUT2D eigenvalue weighted by molar-refractivity contribution is -0.115. The number of methoxy groups -OCH3 is 1. The van der Waals surface area contributed by atoms with Crippen LogP contribution in [0.1, 0.15) is 12.2 Å². The highest BCUT2D eigenvalue weighted by Gasteiger charge is 2.09. The van der Waals surface area contributed by atoms with Crippen LogP contribution in [0.5, 0.6) is 5.75 Å². The Balaban J connectivity index is 1.84. The number of rotatable bonds is 6. The second kappa shape index (κ2) is 6.98. The third-order valence-electron chi connectivity index (χ3n) is 2.64. The summed E-state index contributed by atoms with van der Waals surface area (Å²) in [6.07, 6.45) is 0.353. The number of ether oxygens (including phenoxy) is 1. The molecule has 1 heterocycles. The summed E-state index contributed by atoms with van der Waals surface area (Å²) in [5.41, 5.74) is 6.86. The highest BCUT2D eigenvalue weighted by Crippen LogP contribution is 2.26. The van der Waals surface area contributed by atoms with Gasteiger partial charge >= 0.3 is 0 Å². The number of hydrogen-bond acceptors (Lipinski definition) is 6. The molecule has 1 aromatic heterocycles. The zero-order valence-electron chi connectivity index (χ0n) is 11.8. The Bertz CT molecular complexity index is 629. The van der Waals surface area contributed by atoms with Crippen molar-refractivity contribution in [3.05, 3.63) is 24.0 Å². The molecule has 0 aliphatic rings. The summed E-state index contributed by atoms with van der Waals surface area (Å²) in [6, 6.07) is 5.10. The molecule has 0 radical (unpaired) electrons. The predicted molar refractivity (Wildman–Crippen MR) is 82.5 cm³/mol. The molecular weight excluding hydrogens is 290 g/mol. The van der Waals surface area contributed by atoms with Crippen molar-refractivity contribution in [3.63, 3.8) is 0 Å². The molecule has 7 nitrogen and oxygen atoms in total. The minimum absolute atomic E-state index is 0.0992. The van der Waals surface area contributed by atoms with Crippen LogP contribution in [-0.4, -0.2) is 34.0 Å². The summed E-state index contributed by atoms with van der Waals surface area (Å²) in [5, 5.41) is 10.2. The summed E-state index contributed by atoms with van der Waals surface area (Å²) in [4.78, 5) is 16.1. The van der Waals surface area contributed by atoms with E-state index in [1.165, 1.54) is 18.9 Å². The largest absolute Gasteiger partial charge is 0.494 e. The molecule has 0 aliphatic heterocycles. The number of hydrogen-bond donors (Lipinski definition) is 3. The number of aromatic nitrogens is 3. The van der Waals surface area contributed by atoms with Crippen molar-refractivity contribution in [1.29, 1.82) is 0 Å². The first-order valence-corrected chi connectivity index (χ1v) is 7.32. The number of amides is 1. The standard InChI is InChI=1S/C13H17N5O2S/c1-8-15-13(18-17-8)21-6-5-12(19)16-10-4-3-9(14)7-11(10)20-2/h3-4,7H,5-6,14H2,1-2H3,(H,16,19)(H,15,17,18). The van der Waals surface area contributed by atoms with Crippen LogP contribution < -0.4 is 15.8 Å². The number of aryl methyl sites for hydroxylation is 1. The van der Waals surface area contributed by atoms with Crippen LogP contribution in [-0.2, 0) is 4.79 Å². The van der Waals surface area contributed by atoms with Gasteiger partial charge < -0.3 is 15.8 Å². The van der Waals surface area contributed by atoms with Crippen molar-refractivity contribution in [3.8, 4) is 5.75 Å². The van der Waals surface area contributed by atoms with Crippen molar-refractivity contribution in [2.45, 2.75) is 18.5 Å². The third-order valence-corrected chi connectivity index (χ3v) is 3.49. The molecule has 0 aliphatic carbocycles. The Morgan fingerprint density at radius 1 is 1.52 bits per heavy atom. The third kappa shape index (κ3) is 4.38. The molecule has 0 atom stereocenters. The maximum absolute atomic E-state index is 11.9. The summed E-state index contributed by atoms with van der Waals surface area (Å²) < 4.78 is 5.18. The van der Waals surface area contributed by atoms with Crippen LogP contribution in [0.3, 0.4) is 0 Å². The van der Waals surface area contributed by atoms with Crippen molar-refractivity contribution in [1.82, 2.24) is 15.2 Å². The average molecular weight is 307 g/mol. The van der Waals surface area contributed by atoms with E-state index in [-0.39, 0.29) is 5.91 Å². The molecule has 0 saturated heterocycles. The quantitative estimate of drug-likeness (QED) is 0.555. The lowest BCUT2D eigenvalue weighted by Gasteiger charge is -2.10. The average Bonchev–Trinajstić information content (AvgIpc) is 2.86. The van der Waals surface area contributed by atoms with Crippen molar-refractivity contribution in [2.24, 2.45) is 0 Å². The number of benzene rings is 1. The highest BCUT2D eigenvalue weighted by molar-refractivity contribution is 7.99. The number of H-pyrrole nitrogens is 1. The van der Waals surface area contributed by atoms with E-state index < -0.39 is 0 Å². The van der Waals surface area contributed by atoms with Crippen LogP contribution in [0.15, 0.2) is 23.4 Å². The molecule has 8 heteroatoms. The summed E-state index contributed by atoms with van der Waals surface area (Å²) in [6.45, 7) is 1.83. The monoisotopic (exact) mass is 307 g/mol. The van der Waals surface area contributed by atoms with Crippen LogP contribution in [0.2, 0.25) is 0 Å². The van der Waals surface area contributed by atoms with Gasteiger partial charge in [-0.1, -0.05) is 11.8 Å². The van der Waals surface area contributed by atoms with E-state index in [2.05, 4.69) is 20.5 Å². The Kier molecular flexibility index (Phi) is 5.04. The van der Waals surface area contributed by atoms with Gasteiger partial charge in [0, 0.05) is 23.9 Å². The first kappa shape index (κ1) is 15.2. The molecule has 0 unspecified atom stereocenters. The van der Waals surface area contributed by atoms with Gasteiger partial charge in [0.2, 0.25) is 11.1 Å². The molecule has 2 rings (SSSR count). The number of anilines is 2. The fourth-order valence-electron chi connectivity index (χ4n) is 1.65. The van der Waals surface area contributed by atoms with E-state index in [0.717, 1.165) is 5.82 Å². The molecule has 0 fully saturated rings. The van der Waals surface area contributed by atoms with Gasteiger partial charge in [-0.15, -0.1) is 5.10 Å². The topological polar surface area (TPSA) is 106 Å². The smallest absolute Gasteiger partial charge is 0.225 e. The Labute approximate surface area is 126 Å². The maximum Gasteiger partial charge on any atom is 0.225 e. The molecule has 21 heavy (non-hydrogen) atoms. The number of nitrogens with zero attached hydrogens (tertiary/aromatic N) is 2. The molecule has 0 spiro atoms. The van der Waals surface area contributed by atoms with Crippen molar-refractivity contribution in [2.75, 3.05) is 23.9 Å². The van der Waals surface area contributed by atoms with Crippen LogP contribution in [0.25, 0.3) is 0 Å². The predicted octanol–water partition coefficient (Wildman–Crippen LogP) is 1.82. The molecule has 1 aromatic carbocycles. The normalized spacial score (nSPS) is 10.4. The Hall–Kier alpha value is -2.22. The fourth-order valence-corrected chi connectivity index (χ4v) is 2.43. The summed E-state index contributed by atoms with van der Waals surface area (Å²) in [7, 11) is 1.53. The Morgan fingerprint density at radius 2 is 2.33 bits per heavy atom. The number of aromatic amines is 1. The zero-order valence-corrected chi connectivity index (χ0v) is 12.7. The Morgan fingerprint density at radius 3 is 3.00 bits per heavy atom. The van der Waals surface area contributed by atoms with Gasteiger partial charge in [-0.2, -0.15) is 0 Å². The fraction of sp³-hybridized carbons (Fsp3) is 0.308. The first-order valence-electron chi connectivity index (χ1n) is 6.33. The molecule has 0 bridgehead atoms. The van der Waals surface area contributed by atoms with Gasteiger partial charge in [-0.3, -0.25) is 9.89 Å². The first-order chi connectivity index (χ1) is 10.1. The maximum atomic E-state index is 11.9. The molecule has 4 N–H and O–H groups in total. The number of carbonyl (C=O) groups is 1. The van der Waals surface area contributed by atoms with E-state index >= 15 is 0 Å². The van der Waals surface area contributed by atoms with Gasteiger partial charge in [-0.05, 0) is 19.1 Å². The number of carbonyl (C=O) groups excluding carboxylic acids is 1. The van der Waals surface area contributed by atoms with Crippen LogP contribution >= 0.6 is 11.8 Å². The second-order valence-electron chi connectivity index (χ2n) is 4.31. The second-order valence-corrected chi connectivity index (χ2v) is 5.37. The number of nitrogen functional groups attached to an aromatic ring is 1. The zero-order chi connectivity index (χ0) is 15.2. The van der Waals surface area contributed by atoms with Gasteiger partial charge in [0.05, 0.1) is 12.8 Å². The van der Waals surface area contributed by atoms with E-state index in [1.807, 2.05) is 6.92 Å². The number of nitrogens with two attached hydrogens (primary N) is 1. The van der Waals surface area contributed by atoms with Gasteiger partial charge in [0.15, 0.2) is 0 Å². The van der Waals surface area contributed by atoms with E-state index in [9.17, 15) is 4.79 Å². The lowest BCUT2D eigenvalue weighted by Crippen LogP contribution is -2.13. The van der Waals surface area contributed by atoms with Crippen LogP contribution in [0.4, 0.5) is 11.4 Å². The lowest BCUT2D eigenvalue weighted by atomic mass is 10.2. The van der Waals surface area contributed by atoms with E-state index in [0.29, 0.717) is 34.5 Å². The molecule has 112 valence electrons. The molecule has 1 amide bonds. The SMILES string of the molecule is COc1cc(N)ccc1NC(=O)CCSc1n[nH]c(C)n1. The van der Waals surface area contributed by atoms with Gasteiger partial charge in [0.25, 0.3) is 0 Å². The minimum Gasteiger partial charge on any atom is -0.494 e. The van der Waals surface area contributed by atoms with Gasteiger partial charge in [-0.25, -0.2) is 4.98 Å². The van der Waals surface area contributed by atoms with Crippen LogP contribution in [0, 0.1) is 6.92 Å². The molecular formula is C13H17N5O2S. The van der Waals surface area contributed by atoms with Gasteiger partial charge in [0.1, 0.15) is 11.6 Å². The summed E-state index contributed by atoms with van der Waals surface area (Å²) in [5.74, 6) is 1.80.